The molecular formula is C10H7ClO2S. The lowest BCUT2D eigenvalue weighted by Crippen LogP contribution is -1.97. The molecule has 72 valence electrons. The first-order chi connectivity index (χ1) is 6.59. The van der Waals surface area contributed by atoms with Crippen molar-refractivity contribution in [3.8, 4) is 0 Å². The number of rotatable bonds is 1. The Hall–Kier alpha value is -1.06. The number of fused-ring (bicyclic) bond motifs is 1. The van der Waals surface area contributed by atoms with Crippen molar-refractivity contribution >= 4 is 39.0 Å². The van der Waals surface area contributed by atoms with E-state index in [-0.39, 0.29) is 5.56 Å². The molecule has 0 atom stereocenters. The van der Waals surface area contributed by atoms with E-state index in [1.54, 1.807) is 17.4 Å². The highest BCUT2D eigenvalue weighted by molar-refractivity contribution is 7.19. The second-order valence-electron chi connectivity index (χ2n) is 3.00. The fourth-order valence-corrected chi connectivity index (χ4v) is 2.61. The molecule has 0 bridgehead atoms. The van der Waals surface area contributed by atoms with Crippen molar-refractivity contribution in [3.05, 3.63) is 33.7 Å². The molecule has 0 fully saturated rings. The van der Waals surface area contributed by atoms with Crippen molar-refractivity contribution in [1.29, 1.82) is 0 Å². The summed E-state index contributed by atoms with van der Waals surface area (Å²) in [6, 6.07) is 5.33. The predicted octanol–water partition coefficient (Wildman–Crippen LogP) is 3.56. The number of halogens is 1. The topological polar surface area (TPSA) is 37.3 Å². The standard InChI is InChI=1S/C10H7ClO2S/c1-5-4-6-8(14-5)3-2-7(11)9(6)10(12)13/h2-4H,1H3,(H,12,13). The number of thiophene rings is 1. The molecule has 1 aromatic carbocycles. The minimum atomic E-state index is -0.974. The van der Waals surface area contributed by atoms with Gasteiger partial charge >= 0.3 is 5.97 Å². The van der Waals surface area contributed by atoms with Crippen LogP contribution in [0, 0.1) is 6.92 Å². The van der Waals surface area contributed by atoms with Gasteiger partial charge in [0, 0.05) is 15.0 Å². The number of hydrogen-bond acceptors (Lipinski definition) is 2. The SMILES string of the molecule is Cc1cc2c(C(=O)O)c(Cl)ccc2s1. The van der Waals surface area contributed by atoms with Crippen LogP contribution in [0.25, 0.3) is 10.1 Å². The number of aromatic carboxylic acids is 1. The fourth-order valence-electron chi connectivity index (χ4n) is 1.43. The van der Waals surface area contributed by atoms with Gasteiger partial charge < -0.3 is 5.11 Å². The van der Waals surface area contributed by atoms with Crippen LogP contribution in [0.1, 0.15) is 15.2 Å². The number of carboxylic acids is 1. The quantitative estimate of drug-likeness (QED) is 0.807. The second kappa shape index (κ2) is 3.26. The Balaban J connectivity index is 2.88. The summed E-state index contributed by atoms with van der Waals surface area (Å²) in [5.74, 6) is -0.974. The highest BCUT2D eigenvalue weighted by atomic mass is 35.5. The number of aryl methyl sites for hydroxylation is 1. The molecule has 2 nitrogen and oxygen atoms in total. The molecule has 1 heterocycles. The maximum Gasteiger partial charge on any atom is 0.337 e. The summed E-state index contributed by atoms with van der Waals surface area (Å²) >= 11 is 7.40. The molecule has 4 heteroatoms. The van der Waals surface area contributed by atoms with Crippen LogP contribution in [-0.2, 0) is 0 Å². The van der Waals surface area contributed by atoms with Crippen molar-refractivity contribution < 1.29 is 9.90 Å². The van der Waals surface area contributed by atoms with Gasteiger partial charge in [-0.3, -0.25) is 0 Å². The van der Waals surface area contributed by atoms with E-state index in [0.717, 1.165) is 15.0 Å². The molecule has 14 heavy (non-hydrogen) atoms. The maximum absolute atomic E-state index is 11.0. The molecule has 1 N–H and O–H groups in total. The van der Waals surface area contributed by atoms with E-state index in [2.05, 4.69) is 0 Å². The first-order valence-corrected chi connectivity index (χ1v) is 5.21. The van der Waals surface area contributed by atoms with Crippen LogP contribution in [-0.4, -0.2) is 11.1 Å². The van der Waals surface area contributed by atoms with Gasteiger partial charge in [0.25, 0.3) is 0 Å². The lowest BCUT2D eigenvalue weighted by molar-refractivity contribution is 0.0699. The van der Waals surface area contributed by atoms with Gasteiger partial charge in [0.05, 0.1) is 10.6 Å². The Morgan fingerprint density at radius 1 is 1.50 bits per heavy atom. The van der Waals surface area contributed by atoms with Gasteiger partial charge in [-0.1, -0.05) is 11.6 Å². The predicted molar refractivity (Wildman–Crippen MR) is 58.5 cm³/mol. The van der Waals surface area contributed by atoms with Crippen LogP contribution >= 0.6 is 22.9 Å². The maximum atomic E-state index is 11.0. The third kappa shape index (κ3) is 1.38. The summed E-state index contributed by atoms with van der Waals surface area (Å²) < 4.78 is 0.962. The van der Waals surface area contributed by atoms with Crippen molar-refractivity contribution in [2.45, 2.75) is 6.92 Å². The molecular weight excluding hydrogens is 220 g/mol. The van der Waals surface area contributed by atoms with Crippen molar-refractivity contribution in [3.63, 3.8) is 0 Å². The van der Waals surface area contributed by atoms with Crippen LogP contribution in [0.15, 0.2) is 18.2 Å². The first-order valence-electron chi connectivity index (χ1n) is 4.01. The second-order valence-corrected chi connectivity index (χ2v) is 4.69. The minimum absolute atomic E-state index is 0.202. The number of carboxylic acid groups (broad SMARTS) is 1. The first kappa shape index (κ1) is 9.49. The minimum Gasteiger partial charge on any atom is -0.478 e. The van der Waals surface area contributed by atoms with E-state index in [1.807, 2.05) is 19.1 Å². The lowest BCUT2D eigenvalue weighted by atomic mass is 10.1. The average molecular weight is 227 g/mol. The molecule has 0 saturated heterocycles. The Morgan fingerprint density at radius 2 is 2.21 bits per heavy atom. The molecule has 0 amide bonds. The molecule has 2 rings (SSSR count). The summed E-state index contributed by atoms with van der Waals surface area (Å²) in [7, 11) is 0. The van der Waals surface area contributed by atoms with Crippen molar-refractivity contribution in [1.82, 2.24) is 0 Å². The third-order valence-electron chi connectivity index (χ3n) is 1.99. The zero-order valence-electron chi connectivity index (χ0n) is 7.37. The highest BCUT2D eigenvalue weighted by Crippen LogP contribution is 2.32. The van der Waals surface area contributed by atoms with Crippen LogP contribution in [0.4, 0.5) is 0 Å². The molecule has 0 saturated carbocycles. The summed E-state index contributed by atoms with van der Waals surface area (Å²) in [6.45, 7) is 1.95. The zero-order chi connectivity index (χ0) is 10.3. The van der Waals surface area contributed by atoms with Gasteiger partial charge in [-0.15, -0.1) is 11.3 Å². The van der Waals surface area contributed by atoms with Gasteiger partial charge in [0.2, 0.25) is 0 Å². The van der Waals surface area contributed by atoms with E-state index in [4.69, 9.17) is 16.7 Å². The number of benzene rings is 1. The monoisotopic (exact) mass is 226 g/mol. The molecule has 2 aromatic rings. The summed E-state index contributed by atoms with van der Waals surface area (Å²) in [5, 5.41) is 10.0. The van der Waals surface area contributed by atoms with E-state index < -0.39 is 5.97 Å². The van der Waals surface area contributed by atoms with E-state index in [9.17, 15) is 4.79 Å². The van der Waals surface area contributed by atoms with Crippen molar-refractivity contribution in [2.24, 2.45) is 0 Å². The van der Waals surface area contributed by atoms with Gasteiger partial charge in [-0.2, -0.15) is 0 Å². The highest BCUT2D eigenvalue weighted by Gasteiger charge is 2.14. The average Bonchev–Trinajstić information content (AvgIpc) is 2.43. The molecule has 0 aliphatic heterocycles. The van der Waals surface area contributed by atoms with E-state index >= 15 is 0 Å². The molecule has 0 aliphatic rings. The molecule has 1 aromatic heterocycles. The summed E-state index contributed by atoms with van der Waals surface area (Å²) in [5.41, 5.74) is 0.202. The fraction of sp³-hybridized carbons (Fsp3) is 0.100. The molecule has 0 aliphatic carbocycles. The van der Waals surface area contributed by atoms with Crippen LogP contribution in [0.2, 0.25) is 5.02 Å². The molecule has 0 radical (unpaired) electrons. The van der Waals surface area contributed by atoms with Crippen molar-refractivity contribution in [2.75, 3.05) is 0 Å². The third-order valence-corrected chi connectivity index (χ3v) is 3.32. The molecule has 0 spiro atoms. The Morgan fingerprint density at radius 3 is 2.86 bits per heavy atom. The Labute approximate surface area is 89.7 Å². The summed E-state index contributed by atoms with van der Waals surface area (Å²) in [4.78, 5) is 12.1. The summed E-state index contributed by atoms with van der Waals surface area (Å²) in [6.07, 6.45) is 0. The van der Waals surface area contributed by atoms with Crippen LogP contribution in [0.5, 0.6) is 0 Å². The normalized spacial score (nSPS) is 10.7. The van der Waals surface area contributed by atoms with Gasteiger partial charge in [0.1, 0.15) is 0 Å². The van der Waals surface area contributed by atoms with E-state index in [0.29, 0.717) is 5.02 Å². The zero-order valence-corrected chi connectivity index (χ0v) is 8.95. The van der Waals surface area contributed by atoms with E-state index in [1.165, 1.54) is 0 Å². The Kier molecular flexibility index (Phi) is 2.21. The van der Waals surface area contributed by atoms with Crippen LogP contribution < -0.4 is 0 Å². The van der Waals surface area contributed by atoms with Gasteiger partial charge in [0.15, 0.2) is 0 Å². The van der Waals surface area contributed by atoms with Gasteiger partial charge in [-0.25, -0.2) is 4.79 Å². The van der Waals surface area contributed by atoms with Gasteiger partial charge in [-0.05, 0) is 25.1 Å². The number of carbonyl (C=O) groups is 1. The Bertz CT molecular complexity index is 516. The largest absolute Gasteiger partial charge is 0.478 e. The van der Waals surface area contributed by atoms with Crippen LogP contribution in [0.3, 0.4) is 0 Å². The smallest absolute Gasteiger partial charge is 0.337 e. The number of hydrogen-bond donors (Lipinski definition) is 1. The molecule has 0 unspecified atom stereocenters. The lowest BCUT2D eigenvalue weighted by Gasteiger charge is -1.99.